The van der Waals surface area contributed by atoms with Gasteiger partial charge in [0, 0.05) is 17.8 Å². The Balaban J connectivity index is 1.46. The summed E-state index contributed by atoms with van der Waals surface area (Å²) in [6.07, 6.45) is 0. The number of ether oxygens (including phenoxy) is 1. The lowest BCUT2D eigenvalue weighted by molar-refractivity contribution is -0.914. The van der Waals surface area contributed by atoms with Crippen molar-refractivity contribution in [1.82, 2.24) is 0 Å². The van der Waals surface area contributed by atoms with E-state index >= 15 is 0 Å². The molecule has 1 heterocycles. The number of hydrogen-bond donors (Lipinski definition) is 1. The van der Waals surface area contributed by atoms with Gasteiger partial charge in [-0.1, -0.05) is 30.3 Å². The highest BCUT2D eigenvalue weighted by Gasteiger charge is 2.23. The summed E-state index contributed by atoms with van der Waals surface area (Å²) in [6, 6.07) is 19.5. The molecule has 6 heteroatoms. The number of benzene rings is 3. The lowest BCUT2D eigenvalue weighted by atomic mass is 10.0. The second-order valence-corrected chi connectivity index (χ2v) is 7.15. The number of nitrogens with one attached hydrogen (secondary N) is 1. The zero-order valence-electron chi connectivity index (χ0n) is 15.9. The van der Waals surface area contributed by atoms with Crippen LogP contribution in [0.4, 0.5) is 11.4 Å². The van der Waals surface area contributed by atoms with Crippen LogP contribution in [0, 0.1) is 10.1 Å². The molecule has 0 saturated carbocycles. The van der Waals surface area contributed by atoms with E-state index in [1.807, 2.05) is 12.1 Å². The van der Waals surface area contributed by atoms with Crippen molar-refractivity contribution >= 4 is 22.1 Å². The van der Waals surface area contributed by atoms with E-state index in [1.54, 1.807) is 19.2 Å². The maximum Gasteiger partial charge on any atom is 0.269 e. The molecule has 0 spiro atoms. The molecule has 1 aliphatic heterocycles. The first-order valence-corrected chi connectivity index (χ1v) is 9.53. The van der Waals surface area contributed by atoms with Crippen molar-refractivity contribution in [2.45, 2.75) is 6.54 Å². The van der Waals surface area contributed by atoms with E-state index in [4.69, 9.17) is 4.74 Å². The van der Waals surface area contributed by atoms with E-state index in [0.29, 0.717) is 0 Å². The van der Waals surface area contributed by atoms with Crippen LogP contribution in [0.25, 0.3) is 10.8 Å². The second-order valence-electron chi connectivity index (χ2n) is 7.15. The van der Waals surface area contributed by atoms with Crippen molar-refractivity contribution in [2.75, 3.05) is 38.2 Å². The third-order valence-electron chi connectivity index (χ3n) is 5.54. The monoisotopic (exact) mass is 378 g/mol. The molecule has 3 aromatic carbocycles. The van der Waals surface area contributed by atoms with Gasteiger partial charge in [-0.3, -0.25) is 10.1 Å². The van der Waals surface area contributed by atoms with Crippen LogP contribution in [0.3, 0.4) is 0 Å². The minimum Gasteiger partial charge on any atom is -0.496 e. The number of nitro benzene ring substituents is 1. The van der Waals surface area contributed by atoms with Crippen LogP contribution in [0.15, 0.2) is 60.7 Å². The molecule has 0 radical (unpaired) electrons. The number of rotatable bonds is 5. The molecule has 0 unspecified atom stereocenters. The Bertz CT molecular complexity index is 980. The smallest absolute Gasteiger partial charge is 0.269 e. The summed E-state index contributed by atoms with van der Waals surface area (Å²) in [5.41, 5.74) is 2.45. The third kappa shape index (κ3) is 3.64. The molecule has 1 aliphatic rings. The SMILES string of the molecule is COc1ccc2ccccc2c1C[NH+]1CCN(c2ccc([N+](=O)[O-])cc2)CC1. The van der Waals surface area contributed by atoms with Gasteiger partial charge < -0.3 is 14.5 Å². The van der Waals surface area contributed by atoms with Gasteiger partial charge in [-0.05, 0) is 29.0 Å². The summed E-state index contributed by atoms with van der Waals surface area (Å²) in [6.45, 7) is 4.83. The fourth-order valence-electron chi connectivity index (χ4n) is 3.98. The summed E-state index contributed by atoms with van der Waals surface area (Å²) in [5, 5.41) is 13.3. The predicted octanol–water partition coefficient (Wildman–Crippen LogP) is 2.66. The molecule has 3 aromatic rings. The molecule has 6 nitrogen and oxygen atoms in total. The van der Waals surface area contributed by atoms with E-state index in [-0.39, 0.29) is 10.6 Å². The zero-order chi connectivity index (χ0) is 19.5. The molecule has 0 aromatic heterocycles. The highest BCUT2D eigenvalue weighted by atomic mass is 16.6. The van der Waals surface area contributed by atoms with Crippen molar-refractivity contribution in [3.8, 4) is 5.75 Å². The van der Waals surface area contributed by atoms with Gasteiger partial charge in [0.15, 0.2) is 0 Å². The average Bonchev–Trinajstić information content (AvgIpc) is 2.74. The minimum atomic E-state index is -0.358. The number of methoxy groups -OCH3 is 1. The minimum absolute atomic E-state index is 0.135. The molecule has 28 heavy (non-hydrogen) atoms. The van der Waals surface area contributed by atoms with Gasteiger partial charge >= 0.3 is 0 Å². The summed E-state index contributed by atoms with van der Waals surface area (Å²) in [7, 11) is 1.73. The Morgan fingerprint density at radius 3 is 2.43 bits per heavy atom. The predicted molar refractivity (Wildman–Crippen MR) is 110 cm³/mol. The zero-order valence-corrected chi connectivity index (χ0v) is 15.9. The molecule has 1 fully saturated rings. The topological polar surface area (TPSA) is 60.0 Å². The van der Waals surface area contributed by atoms with Gasteiger partial charge in [0.25, 0.3) is 5.69 Å². The van der Waals surface area contributed by atoms with Gasteiger partial charge in [-0.2, -0.15) is 0 Å². The number of nitro groups is 1. The Morgan fingerprint density at radius 1 is 1.04 bits per heavy atom. The molecule has 0 atom stereocenters. The van der Waals surface area contributed by atoms with E-state index in [1.165, 1.54) is 21.2 Å². The lowest BCUT2D eigenvalue weighted by Crippen LogP contribution is -3.13. The first kappa shape index (κ1) is 18.3. The first-order valence-electron chi connectivity index (χ1n) is 9.53. The van der Waals surface area contributed by atoms with Crippen LogP contribution in [-0.4, -0.2) is 38.2 Å². The molecule has 1 N–H and O–H groups in total. The molecule has 1 saturated heterocycles. The van der Waals surface area contributed by atoms with E-state index in [0.717, 1.165) is 44.2 Å². The van der Waals surface area contributed by atoms with Gasteiger partial charge in [0.2, 0.25) is 0 Å². The Labute approximate surface area is 164 Å². The highest BCUT2D eigenvalue weighted by molar-refractivity contribution is 5.87. The number of piperazine rings is 1. The standard InChI is InChI=1S/C22H23N3O3/c1-28-22-11-6-17-4-2-3-5-20(17)21(22)16-23-12-14-24(15-13-23)18-7-9-19(10-8-18)25(26)27/h2-11H,12-16H2,1H3/p+1. The maximum atomic E-state index is 10.8. The summed E-state index contributed by atoms with van der Waals surface area (Å²) >= 11 is 0. The average molecular weight is 378 g/mol. The van der Waals surface area contributed by atoms with Crippen LogP contribution in [0.5, 0.6) is 5.75 Å². The number of nitrogens with zero attached hydrogens (tertiary/aromatic N) is 2. The fourth-order valence-corrected chi connectivity index (χ4v) is 3.98. The van der Waals surface area contributed by atoms with Crippen LogP contribution in [-0.2, 0) is 6.54 Å². The molecular weight excluding hydrogens is 354 g/mol. The first-order chi connectivity index (χ1) is 13.7. The molecule has 4 rings (SSSR count). The van der Waals surface area contributed by atoms with Crippen molar-refractivity contribution < 1.29 is 14.6 Å². The molecule has 0 aliphatic carbocycles. The third-order valence-corrected chi connectivity index (χ3v) is 5.54. The molecule has 0 bridgehead atoms. The normalized spacial score (nSPS) is 15.0. The van der Waals surface area contributed by atoms with Crippen LogP contribution in [0.1, 0.15) is 5.56 Å². The van der Waals surface area contributed by atoms with Gasteiger partial charge in [0.1, 0.15) is 12.3 Å². The van der Waals surface area contributed by atoms with Crippen molar-refractivity contribution in [3.63, 3.8) is 0 Å². The Kier molecular flexibility index (Phi) is 5.12. The van der Waals surface area contributed by atoms with Crippen molar-refractivity contribution in [3.05, 3.63) is 76.3 Å². The quantitative estimate of drug-likeness (QED) is 0.548. The number of hydrogen-bond acceptors (Lipinski definition) is 4. The number of fused-ring (bicyclic) bond motifs is 1. The number of quaternary nitrogens is 1. The van der Waals surface area contributed by atoms with Crippen LogP contribution in [0.2, 0.25) is 0 Å². The largest absolute Gasteiger partial charge is 0.496 e. The maximum absolute atomic E-state index is 10.8. The second kappa shape index (κ2) is 7.86. The van der Waals surface area contributed by atoms with Gasteiger partial charge in [-0.15, -0.1) is 0 Å². The lowest BCUT2D eigenvalue weighted by Gasteiger charge is -2.34. The summed E-state index contributed by atoms with van der Waals surface area (Å²) in [4.78, 5) is 14.3. The molecule has 0 amide bonds. The Hall–Kier alpha value is -3.12. The van der Waals surface area contributed by atoms with Crippen LogP contribution >= 0.6 is 0 Å². The number of non-ortho nitro benzene ring substituents is 1. The van der Waals surface area contributed by atoms with Crippen molar-refractivity contribution in [2.24, 2.45) is 0 Å². The molecule has 144 valence electrons. The Morgan fingerprint density at radius 2 is 1.75 bits per heavy atom. The fraction of sp³-hybridized carbons (Fsp3) is 0.273. The van der Waals surface area contributed by atoms with Gasteiger partial charge in [0.05, 0.1) is 43.8 Å². The van der Waals surface area contributed by atoms with E-state index < -0.39 is 0 Å². The van der Waals surface area contributed by atoms with E-state index in [9.17, 15) is 10.1 Å². The van der Waals surface area contributed by atoms with Crippen LogP contribution < -0.4 is 14.5 Å². The molecular formula is C22H24N3O3+. The highest BCUT2D eigenvalue weighted by Crippen LogP contribution is 2.27. The van der Waals surface area contributed by atoms with Gasteiger partial charge in [-0.25, -0.2) is 0 Å². The summed E-state index contributed by atoms with van der Waals surface area (Å²) < 4.78 is 5.64. The number of anilines is 1. The summed E-state index contributed by atoms with van der Waals surface area (Å²) in [5.74, 6) is 0.948. The van der Waals surface area contributed by atoms with E-state index in [2.05, 4.69) is 41.3 Å². The van der Waals surface area contributed by atoms with Crippen molar-refractivity contribution in [1.29, 1.82) is 0 Å².